The Bertz CT molecular complexity index is 454. The molecule has 0 bridgehead atoms. The molecule has 0 heterocycles. The van der Waals surface area contributed by atoms with Crippen LogP contribution < -0.4 is 15.4 Å². The number of hydrogen-bond donors (Lipinski definition) is 2. The second-order valence-electron chi connectivity index (χ2n) is 5.48. The number of hydrogen-bond acceptors (Lipinski definition) is 2. The molecule has 1 fully saturated rings. The van der Waals surface area contributed by atoms with Gasteiger partial charge in [-0.05, 0) is 49.9 Å². The second kappa shape index (κ2) is 7.17. The molecule has 0 unspecified atom stereocenters. The summed E-state index contributed by atoms with van der Waals surface area (Å²) in [5, 5.41) is 5.82. The fraction of sp³-hybridized carbons (Fsp3) is 0.562. The van der Waals surface area contributed by atoms with E-state index in [1.165, 1.54) is 24.0 Å². The SMILES string of the molecule is Cc1ccc(OCCNC(=O)NC2CCCC2)cc1C. The van der Waals surface area contributed by atoms with Gasteiger partial charge in [-0.3, -0.25) is 0 Å². The molecule has 1 aliphatic carbocycles. The van der Waals surface area contributed by atoms with Crippen LogP contribution in [0.4, 0.5) is 4.79 Å². The van der Waals surface area contributed by atoms with E-state index in [1.54, 1.807) is 0 Å². The molecule has 20 heavy (non-hydrogen) atoms. The van der Waals surface area contributed by atoms with Crippen molar-refractivity contribution in [3.8, 4) is 5.75 Å². The maximum absolute atomic E-state index is 11.6. The van der Waals surface area contributed by atoms with Gasteiger partial charge in [0.1, 0.15) is 12.4 Å². The number of amides is 2. The highest BCUT2D eigenvalue weighted by molar-refractivity contribution is 5.74. The van der Waals surface area contributed by atoms with Gasteiger partial charge in [0.15, 0.2) is 0 Å². The minimum atomic E-state index is -0.0828. The Morgan fingerprint density at radius 3 is 2.70 bits per heavy atom. The van der Waals surface area contributed by atoms with Crippen LogP contribution in [0, 0.1) is 13.8 Å². The smallest absolute Gasteiger partial charge is 0.315 e. The number of rotatable bonds is 5. The molecule has 4 heteroatoms. The molecule has 1 aromatic carbocycles. The quantitative estimate of drug-likeness (QED) is 0.812. The van der Waals surface area contributed by atoms with Gasteiger partial charge in [0.05, 0.1) is 6.54 Å². The summed E-state index contributed by atoms with van der Waals surface area (Å²) in [5.41, 5.74) is 2.47. The molecule has 4 nitrogen and oxygen atoms in total. The van der Waals surface area contributed by atoms with Crippen LogP contribution in [0.2, 0.25) is 0 Å². The van der Waals surface area contributed by atoms with E-state index in [-0.39, 0.29) is 6.03 Å². The zero-order valence-corrected chi connectivity index (χ0v) is 12.4. The van der Waals surface area contributed by atoms with Crippen molar-refractivity contribution in [1.82, 2.24) is 10.6 Å². The van der Waals surface area contributed by atoms with E-state index < -0.39 is 0 Å². The predicted octanol–water partition coefficient (Wildman–Crippen LogP) is 2.92. The standard InChI is InChI=1S/C16H24N2O2/c1-12-7-8-15(11-13(12)2)20-10-9-17-16(19)18-14-5-3-4-6-14/h7-8,11,14H,3-6,9-10H2,1-2H3,(H2,17,18,19). The summed E-state index contributed by atoms with van der Waals surface area (Å²) in [6.07, 6.45) is 4.65. The van der Waals surface area contributed by atoms with E-state index >= 15 is 0 Å². The van der Waals surface area contributed by atoms with Gasteiger partial charge in [-0.2, -0.15) is 0 Å². The van der Waals surface area contributed by atoms with Gasteiger partial charge in [0.2, 0.25) is 0 Å². The van der Waals surface area contributed by atoms with E-state index in [9.17, 15) is 4.79 Å². The Kier molecular flexibility index (Phi) is 5.27. The molecule has 2 rings (SSSR count). The van der Waals surface area contributed by atoms with Gasteiger partial charge in [-0.25, -0.2) is 4.79 Å². The predicted molar refractivity (Wildman–Crippen MR) is 80.2 cm³/mol. The first-order chi connectivity index (χ1) is 9.65. The average molecular weight is 276 g/mol. The number of carbonyl (C=O) groups excluding carboxylic acids is 1. The van der Waals surface area contributed by atoms with E-state index in [1.807, 2.05) is 18.2 Å². The van der Waals surface area contributed by atoms with Crippen molar-refractivity contribution < 1.29 is 9.53 Å². The summed E-state index contributed by atoms with van der Waals surface area (Å²) in [4.78, 5) is 11.6. The lowest BCUT2D eigenvalue weighted by Crippen LogP contribution is -2.42. The maximum Gasteiger partial charge on any atom is 0.315 e. The topological polar surface area (TPSA) is 50.4 Å². The number of carbonyl (C=O) groups is 1. The third-order valence-corrected chi connectivity index (χ3v) is 3.83. The third kappa shape index (κ3) is 4.44. The van der Waals surface area contributed by atoms with Crippen molar-refractivity contribution >= 4 is 6.03 Å². The fourth-order valence-electron chi connectivity index (χ4n) is 2.44. The van der Waals surface area contributed by atoms with E-state index in [0.717, 1.165) is 18.6 Å². The van der Waals surface area contributed by atoms with Crippen molar-refractivity contribution in [2.24, 2.45) is 0 Å². The van der Waals surface area contributed by atoms with E-state index in [4.69, 9.17) is 4.74 Å². The van der Waals surface area contributed by atoms with Crippen LogP contribution in [0.5, 0.6) is 5.75 Å². The van der Waals surface area contributed by atoms with Crippen LogP contribution >= 0.6 is 0 Å². The second-order valence-corrected chi connectivity index (χ2v) is 5.48. The van der Waals surface area contributed by atoms with Gasteiger partial charge in [0, 0.05) is 6.04 Å². The minimum Gasteiger partial charge on any atom is -0.492 e. The highest BCUT2D eigenvalue weighted by Gasteiger charge is 2.16. The summed E-state index contributed by atoms with van der Waals surface area (Å²) in [5.74, 6) is 0.853. The molecular weight excluding hydrogens is 252 g/mol. The molecule has 1 aliphatic rings. The third-order valence-electron chi connectivity index (χ3n) is 3.83. The van der Waals surface area contributed by atoms with Gasteiger partial charge >= 0.3 is 6.03 Å². The van der Waals surface area contributed by atoms with Gasteiger partial charge in [0.25, 0.3) is 0 Å². The number of nitrogens with one attached hydrogen (secondary N) is 2. The summed E-state index contributed by atoms with van der Waals surface area (Å²) in [6, 6.07) is 6.30. The first-order valence-electron chi connectivity index (χ1n) is 7.39. The lowest BCUT2D eigenvalue weighted by Gasteiger charge is -2.13. The Balaban J connectivity index is 1.63. The van der Waals surface area contributed by atoms with Crippen LogP contribution in [-0.4, -0.2) is 25.2 Å². The Hall–Kier alpha value is -1.71. The normalized spacial score (nSPS) is 15.1. The minimum absolute atomic E-state index is 0.0828. The molecule has 2 amide bonds. The van der Waals surface area contributed by atoms with Gasteiger partial charge in [-0.15, -0.1) is 0 Å². The zero-order chi connectivity index (χ0) is 14.4. The highest BCUT2D eigenvalue weighted by atomic mass is 16.5. The van der Waals surface area contributed by atoms with Crippen molar-refractivity contribution in [2.75, 3.05) is 13.2 Å². The lowest BCUT2D eigenvalue weighted by molar-refractivity contribution is 0.233. The van der Waals surface area contributed by atoms with Crippen molar-refractivity contribution in [3.63, 3.8) is 0 Å². The first kappa shape index (κ1) is 14.7. The van der Waals surface area contributed by atoms with Gasteiger partial charge < -0.3 is 15.4 Å². The fourth-order valence-corrected chi connectivity index (χ4v) is 2.44. The lowest BCUT2D eigenvalue weighted by atomic mass is 10.1. The molecule has 0 aliphatic heterocycles. The van der Waals surface area contributed by atoms with Crippen LogP contribution in [0.15, 0.2) is 18.2 Å². The molecule has 1 saturated carbocycles. The molecule has 0 radical (unpaired) electrons. The summed E-state index contributed by atoms with van der Waals surface area (Å²) >= 11 is 0. The van der Waals surface area contributed by atoms with Crippen LogP contribution in [-0.2, 0) is 0 Å². The number of ether oxygens (including phenoxy) is 1. The Labute approximate surface area is 120 Å². The summed E-state index contributed by atoms with van der Waals surface area (Å²) < 4.78 is 5.62. The number of urea groups is 1. The van der Waals surface area contributed by atoms with Gasteiger partial charge in [-0.1, -0.05) is 18.9 Å². The molecule has 0 aromatic heterocycles. The van der Waals surface area contributed by atoms with Crippen molar-refractivity contribution in [3.05, 3.63) is 29.3 Å². The molecule has 0 spiro atoms. The zero-order valence-electron chi connectivity index (χ0n) is 12.4. The Morgan fingerprint density at radius 2 is 2.00 bits per heavy atom. The number of aryl methyl sites for hydroxylation is 2. The molecule has 0 atom stereocenters. The van der Waals surface area contributed by atoms with Crippen LogP contribution in [0.3, 0.4) is 0 Å². The monoisotopic (exact) mass is 276 g/mol. The van der Waals surface area contributed by atoms with E-state index in [2.05, 4.69) is 24.5 Å². The molecule has 1 aromatic rings. The largest absolute Gasteiger partial charge is 0.492 e. The molecule has 110 valence electrons. The summed E-state index contributed by atoms with van der Waals surface area (Å²) in [7, 11) is 0. The maximum atomic E-state index is 11.6. The molecular formula is C16H24N2O2. The molecule has 0 saturated heterocycles. The van der Waals surface area contributed by atoms with Crippen molar-refractivity contribution in [2.45, 2.75) is 45.6 Å². The average Bonchev–Trinajstić information content (AvgIpc) is 2.91. The number of benzene rings is 1. The first-order valence-corrected chi connectivity index (χ1v) is 7.39. The molecule has 2 N–H and O–H groups in total. The van der Waals surface area contributed by atoms with E-state index in [0.29, 0.717) is 19.2 Å². The highest BCUT2D eigenvalue weighted by Crippen LogP contribution is 2.17. The van der Waals surface area contributed by atoms with Crippen LogP contribution in [0.25, 0.3) is 0 Å². The summed E-state index contributed by atoms with van der Waals surface area (Å²) in [6.45, 7) is 5.15. The Morgan fingerprint density at radius 1 is 1.25 bits per heavy atom. The van der Waals surface area contributed by atoms with Crippen LogP contribution in [0.1, 0.15) is 36.8 Å². The van der Waals surface area contributed by atoms with Crippen molar-refractivity contribution in [1.29, 1.82) is 0 Å².